The highest BCUT2D eigenvalue weighted by atomic mass is 79.9. The van der Waals surface area contributed by atoms with Crippen LogP contribution in [0.25, 0.3) is 21.8 Å². The van der Waals surface area contributed by atoms with Crippen LogP contribution >= 0.6 is 15.9 Å². The number of aromatic nitrogens is 2. The van der Waals surface area contributed by atoms with Crippen LogP contribution in [0.15, 0.2) is 65.1 Å². The summed E-state index contributed by atoms with van der Waals surface area (Å²) in [6.07, 6.45) is 0. The summed E-state index contributed by atoms with van der Waals surface area (Å²) >= 11 is 3.42. The van der Waals surface area contributed by atoms with Gasteiger partial charge in [-0.15, -0.1) is 0 Å². The van der Waals surface area contributed by atoms with E-state index in [1.807, 2.05) is 57.5 Å². The molecule has 0 saturated heterocycles. The zero-order valence-electron chi connectivity index (χ0n) is 17.1. The molecule has 0 radical (unpaired) electrons. The monoisotopic (exact) mass is 454 g/mol. The Morgan fingerprint density at radius 3 is 1.69 bits per heavy atom. The zero-order valence-corrected chi connectivity index (χ0v) is 18.7. The summed E-state index contributed by atoms with van der Waals surface area (Å²) < 4.78 is 1.08. The Morgan fingerprint density at radius 2 is 1.17 bits per heavy atom. The highest BCUT2D eigenvalue weighted by molar-refractivity contribution is 9.10. The van der Waals surface area contributed by atoms with Crippen LogP contribution in [0.3, 0.4) is 0 Å². The molecule has 5 N–H and O–H groups in total. The molecule has 4 rings (SSSR count). The van der Waals surface area contributed by atoms with E-state index in [4.69, 9.17) is 0 Å². The number of nitrogens with two attached hydrogens (primary N) is 1. The normalized spacial score (nSPS) is 9.72. The molecule has 0 fully saturated rings. The molecule has 2 heterocycles. The Balaban J connectivity index is 0.000000191. The van der Waals surface area contributed by atoms with Crippen molar-refractivity contribution in [1.29, 1.82) is 0 Å². The van der Waals surface area contributed by atoms with E-state index in [1.165, 1.54) is 7.05 Å². The molecule has 152 valence electrons. The van der Waals surface area contributed by atoms with E-state index in [0.717, 1.165) is 43.6 Å². The molecule has 0 bridgehead atoms. The van der Waals surface area contributed by atoms with E-state index in [2.05, 4.69) is 71.8 Å². The van der Waals surface area contributed by atoms with Crippen molar-refractivity contribution in [2.75, 3.05) is 44.1 Å². The molecule has 0 saturated carbocycles. The van der Waals surface area contributed by atoms with E-state index in [1.54, 1.807) is 0 Å². The fourth-order valence-corrected chi connectivity index (χ4v) is 3.03. The smallest absolute Gasteiger partial charge is 0.126 e. The van der Waals surface area contributed by atoms with Gasteiger partial charge in [0.2, 0.25) is 0 Å². The van der Waals surface area contributed by atoms with Crippen molar-refractivity contribution in [1.82, 2.24) is 9.97 Å². The van der Waals surface area contributed by atoms with Gasteiger partial charge in [0.25, 0.3) is 0 Å². The van der Waals surface area contributed by atoms with Crippen LogP contribution in [0.5, 0.6) is 0 Å². The minimum Gasteiger partial charge on any atom is -0.388 e. The Kier molecular flexibility index (Phi) is 8.64. The van der Waals surface area contributed by atoms with E-state index < -0.39 is 0 Å². The summed E-state index contributed by atoms with van der Waals surface area (Å²) in [5.41, 5.74) is 7.63. The summed E-state index contributed by atoms with van der Waals surface area (Å²) in [5, 5.41) is 11.4. The number of nitrogens with zero attached hydrogens (tertiary/aromatic N) is 2. The average molecular weight is 455 g/mol. The first-order valence-corrected chi connectivity index (χ1v) is 10.0. The van der Waals surface area contributed by atoms with Gasteiger partial charge in [-0.25, -0.2) is 9.97 Å². The molecule has 0 atom stereocenters. The van der Waals surface area contributed by atoms with Gasteiger partial charge in [-0.1, -0.05) is 15.9 Å². The molecule has 29 heavy (non-hydrogen) atoms. The molecule has 6 nitrogen and oxygen atoms in total. The zero-order chi connectivity index (χ0) is 21.2. The number of anilines is 3. The Labute approximate surface area is 180 Å². The summed E-state index contributed by atoms with van der Waals surface area (Å²) in [5.74, 6) is 1.80. The number of halogens is 1. The second-order valence-electron chi connectivity index (χ2n) is 5.89. The molecule has 0 amide bonds. The number of fused-ring (bicyclic) bond motifs is 2. The summed E-state index contributed by atoms with van der Waals surface area (Å²) in [4.78, 5) is 8.83. The maximum atomic E-state index is 4.50. The summed E-state index contributed by atoms with van der Waals surface area (Å²) in [6, 6.07) is 20.2. The third-order valence-corrected chi connectivity index (χ3v) is 4.63. The van der Waals surface area contributed by atoms with Gasteiger partial charge in [0.15, 0.2) is 0 Å². The van der Waals surface area contributed by atoms with Gasteiger partial charge >= 0.3 is 0 Å². The standard InChI is InChI=1S/C11H13N3.C10H9BrN2.CH5N/c1-12-9-4-5-10-8(7-9)3-6-11(13-2)14-10;1-12-10-5-2-7-6-8(11)3-4-9(7)13-10;1-2/h3-7,12H,1-2H3,(H,13,14);2-6H,1H3,(H,12,13);2H2,1H3. The van der Waals surface area contributed by atoms with Crippen molar-refractivity contribution in [3.63, 3.8) is 0 Å². The van der Waals surface area contributed by atoms with Crippen LogP contribution in [0, 0.1) is 0 Å². The topological polar surface area (TPSA) is 87.9 Å². The highest BCUT2D eigenvalue weighted by Gasteiger charge is 1.98. The maximum Gasteiger partial charge on any atom is 0.126 e. The predicted molar refractivity (Wildman–Crippen MR) is 130 cm³/mol. The Morgan fingerprint density at radius 1 is 0.655 bits per heavy atom. The van der Waals surface area contributed by atoms with Crippen molar-refractivity contribution < 1.29 is 0 Å². The van der Waals surface area contributed by atoms with E-state index in [9.17, 15) is 0 Å². The van der Waals surface area contributed by atoms with E-state index >= 15 is 0 Å². The van der Waals surface area contributed by atoms with Crippen molar-refractivity contribution in [2.24, 2.45) is 5.73 Å². The van der Waals surface area contributed by atoms with Gasteiger partial charge in [-0.2, -0.15) is 0 Å². The molecule has 0 aliphatic heterocycles. The molecule has 2 aromatic carbocycles. The minimum absolute atomic E-state index is 0.898. The van der Waals surface area contributed by atoms with Gasteiger partial charge in [0, 0.05) is 42.1 Å². The molecule has 2 aromatic heterocycles. The lowest BCUT2D eigenvalue weighted by Crippen LogP contribution is -1.92. The van der Waals surface area contributed by atoms with Crippen molar-refractivity contribution in [2.45, 2.75) is 0 Å². The highest BCUT2D eigenvalue weighted by Crippen LogP contribution is 2.20. The number of hydrogen-bond acceptors (Lipinski definition) is 6. The fraction of sp³-hybridized carbons (Fsp3) is 0.182. The second kappa shape index (κ2) is 11.2. The molecular formula is C22H27BrN6. The van der Waals surface area contributed by atoms with Crippen molar-refractivity contribution in [3.8, 4) is 0 Å². The number of rotatable bonds is 3. The minimum atomic E-state index is 0.898. The van der Waals surface area contributed by atoms with Crippen LogP contribution in [-0.4, -0.2) is 38.2 Å². The maximum absolute atomic E-state index is 4.50. The molecule has 4 aromatic rings. The lowest BCUT2D eigenvalue weighted by atomic mass is 10.2. The predicted octanol–water partition coefficient (Wildman–Crippen LogP) is 4.93. The van der Waals surface area contributed by atoms with E-state index in [-0.39, 0.29) is 0 Å². The third kappa shape index (κ3) is 6.04. The average Bonchev–Trinajstić information content (AvgIpc) is 2.79. The van der Waals surface area contributed by atoms with Crippen LogP contribution in [0.1, 0.15) is 0 Å². The summed E-state index contributed by atoms with van der Waals surface area (Å²) in [7, 11) is 7.15. The van der Waals surface area contributed by atoms with Gasteiger partial charge in [-0.3, -0.25) is 0 Å². The number of nitrogens with one attached hydrogen (secondary N) is 3. The third-order valence-electron chi connectivity index (χ3n) is 4.14. The van der Waals surface area contributed by atoms with Crippen LogP contribution in [-0.2, 0) is 0 Å². The molecular weight excluding hydrogens is 428 g/mol. The van der Waals surface area contributed by atoms with Crippen molar-refractivity contribution >= 4 is 55.1 Å². The van der Waals surface area contributed by atoms with Gasteiger partial charge in [-0.05, 0) is 67.7 Å². The largest absolute Gasteiger partial charge is 0.388 e. The van der Waals surface area contributed by atoms with E-state index in [0.29, 0.717) is 0 Å². The first-order chi connectivity index (χ1) is 14.1. The molecule has 0 aliphatic carbocycles. The second-order valence-corrected chi connectivity index (χ2v) is 6.80. The molecule has 0 spiro atoms. The molecule has 0 aliphatic rings. The fourth-order valence-electron chi connectivity index (χ4n) is 2.66. The van der Waals surface area contributed by atoms with Crippen molar-refractivity contribution in [3.05, 3.63) is 65.1 Å². The lowest BCUT2D eigenvalue weighted by molar-refractivity contribution is 1.34. The Bertz CT molecular complexity index is 1020. The first-order valence-electron chi connectivity index (χ1n) is 9.21. The Hall–Kier alpha value is -2.90. The lowest BCUT2D eigenvalue weighted by Gasteiger charge is -2.04. The number of pyridine rings is 2. The SMILES string of the molecule is CN.CNc1ccc2cc(Br)ccc2n1.CNc1ccc2nc(NC)ccc2c1. The number of hydrogen-bond donors (Lipinski definition) is 4. The van der Waals surface area contributed by atoms with Gasteiger partial charge < -0.3 is 21.7 Å². The molecule has 7 heteroatoms. The van der Waals surface area contributed by atoms with Crippen LogP contribution in [0.4, 0.5) is 17.3 Å². The quantitative estimate of drug-likeness (QED) is 0.350. The molecule has 0 unspecified atom stereocenters. The van der Waals surface area contributed by atoms with Gasteiger partial charge in [0.1, 0.15) is 11.6 Å². The van der Waals surface area contributed by atoms with Gasteiger partial charge in [0.05, 0.1) is 11.0 Å². The van der Waals surface area contributed by atoms with Crippen LogP contribution < -0.4 is 21.7 Å². The summed E-state index contributed by atoms with van der Waals surface area (Å²) in [6.45, 7) is 0. The van der Waals surface area contributed by atoms with Crippen LogP contribution in [0.2, 0.25) is 0 Å². The number of benzene rings is 2. The first kappa shape index (κ1) is 22.4.